The second-order valence-corrected chi connectivity index (χ2v) is 10.0. The van der Waals surface area contributed by atoms with Crippen LogP contribution < -0.4 is 21.6 Å². The molecule has 0 aliphatic carbocycles. The number of fused-ring (bicyclic) bond motifs is 2. The SMILES string of the molecule is CC(=O)Nc1ccc(-c2cccc3c(Cl)c(C(C)Nc4ncnc5[nH]ccc(=O)c45)n(-c4ccccc4)c(=O)c23)cn1. The van der Waals surface area contributed by atoms with Gasteiger partial charge in [-0.05, 0) is 36.8 Å². The molecule has 2 aromatic carbocycles. The number of hydrogen-bond acceptors (Lipinski definition) is 7. The number of aromatic amines is 1. The molecule has 6 aromatic rings. The Labute approximate surface area is 244 Å². The number of amides is 1. The van der Waals surface area contributed by atoms with Gasteiger partial charge in [-0.15, -0.1) is 0 Å². The molecule has 0 saturated heterocycles. The van der Waals surface area contributed by atoms with Gasteiger partial charge in [0.2, 0.25) is 5.91 Å². The molecule has 42 heavy (non-hydrogen) atoms. The quantitative estimate of drug-likeness (QED) is 0.239. The molecule has 10 nitrogen and oxygen atoms in total. The number of H-pyrrole nitrogens is 1. The Morgan fingerprint density at radius 3 is 2.50 bits per heavy atom. The van der Waals surface area contributed by atoms with E-state index in [1.165, 1.54) is 25.5 Å². The van der Waals surface area contributed by atoms with Gasteiger partial charge in [-0.25, -0.2) is 15.0 Å². The van der Waals surface area contributed by atoms with E-state index in [2.05, 4.69) is 30.6 Å². The number of hydrogen-bond donors (Lipinski definition) is 3. The number of nitrogens with zero attached hydrogens (tertiary/aromatic N) is 4. The highest BCUT2D eigenvalue weighted by molar-refractivity contribution is 6.36. The maximum absolute atomic E-state index is 14.5. The van der Waals surface area contributed by atoms with Gasteiger partial charge in [0.05, 0.1) is 22.1 Å². The number of nitrogens with one attached hydrogen (secondary N) is 3. The van der Waals surface area contributed by atoms with E-state index in [4.69, 9.17) is 11.6 Å². The minimum atomic E-state index is -0.560. The Balaban J connectivity index is 1.57. The Bertz CT molecular complexity index is 2090. The molecule has 4 heterocycles. The highest BCUT2D eigenvalue weighted by atomic mass is 35.5. The predicted molar refractivity (Wildman–Crippen MR) is 164 cm³/mol. The number of carbonyl (C=O) groups excluding carboxylic acids is 1. The molecular formula is C31H24ClN7O3. The van der Waals surface area contributed by atoms with E-state index in [1.54, 1.807) is 29.0 Å². The van der Waals surface area contributed by atoms with Crippen molar-refractivity contribution in [2.45, 2.75) is 19.9 Å². The fourth-order valence-electron chi connectivity index (χ4n) is 5.08. The van der Waals surface area contributed by atoms with Crippen LogP contribution in [0.15, 0.2) is 95.0 Å². The van der Waals surface area contributed by atoms with Gasteiger partial charge in [0.15, 0.2) is 5.43 Å². The number of pyridine rings is 3. The lowest BCUT2D eigenvalue weighted by Gasteiger charge is -2.24. The summed E-state index contributed by atoms with van der Waals surface area (Å²) in [5, 5.41) is 7.59. The third-order valence-corrected chi connectivity index (χ3v) is 7.29. The highest BCUT2D eigenvalue weighted by Gasteiger charge is 2.24. The Morgan fingerprint density at radius 2 is 1.76 bits per heavy atom. The summed E-state index contributed by atoms with van der Waals surface area (Å²) in [6, 6.07) is 19.0. The molecule has 1 atom stereocenters. The number of halogens is 1. The monoisotopic (exact) mass is 577 g/mol. The van der Waals surface area contributed by atoms with Crippen molar-refractivity contribution in [1.29, 1.82) is 0 Å². The number of para-hydroxylation sites is 1. The number of benzene rings is 2. The number of anilines is 2. The normalized spacial score (nSPS) is 11.9. The maximum atomic E-state index is 14.5. The molecule has 4 aromatic heterocycles. The fourth-order valence-corrected chi connectivity index (χ4v) is 5.48. The number of rotatable bonds is 6. The summed E-state index contributed by atoms with van der Waals surface area (Å²) in [5.41, 5.74) is 2.31. The molecule has 11 heteroatoms. The summed E-state index contributed by atoms with van der Waals surface area (Å²) in [7, 11) is 0. The molecule has 0 fully saturated rings. The molecule has 3 N–H and O–H groups in total. The van der Waals surface area contributed by atoms with Crippen LogP contribution in [0.25, 0.3) is 38.6 Å². The van der Waals surface area contributed by atoms with Crippen LogP contribution >= 0.6 is 11.6 Å². The molecule has 1 unspecified atom stereocenters. The van der Waals surface area contributed by atoms with Crippen molar-refractivity contribution in [2.24, 2.45) is 0 Å². The Kier molecular flexibility index (Phi) is 6.97. The standard InChI is InChI=1S/C31H24ClN7O3/c1-17(37-30-26-23(41)13-14-33-29(26)35-16-36-30)28-27(32)22-10-6-9-21(19-11-12-24(34-15-19)38-18(2)40)25(22)31(42)39(28)20-7-4-3-5-8-20/h3-17H,1-2H3,(H,34,38,40)(H2,33,35,36,37,41). The topological polar surface area (TPSA) is 135 Å². The zero-order chi connectivity index (χ0) is 29.4. The summed E-state index contributed by atoms with van der Waals surface area (Å²) in [6.07, 6.45) is 4.49. The largest absolute Gasteiger partial charge is 0.361 e. The molecule has 0 spiro atoms. The van der Waals surface area contributed by atoms with Crippen molar-refractivity contribution in [3.05, 3.63) is 117 Å². The first-order valence-electron chi connectivity index (χ1n) is 13.1. The lowest BCUT2D eigenvalue weighted by molar-refractivity contribution is -0.114. The summed E-state index contributed by atoms with van der Waals surface area (Å²) >= 11 is 7.16. The molecule has 0 radical (unpaired) electrons. The van der Waals surface area contributed by atoms with Crippen molar-refractivity contribution >= 4 is 50.9 Å². The van der Waals surface area contributed by atoms with Gasteiger partial charge in [-0.1, -0.05) is 48.0 Å². The third kappa shape index (κ3) is 4.77. The van der Waals surface area contributed by atoms with Crippen LogP contribution in [0.1, 0.15) is 25.6 Å². The van der Waals surface area contributed by atoms with Gasteiger partial charge in [-0.2, -0.15) is 0 Å². The average Bonchev–Trinajstić information content (AvgIpc) is 2.99. The molecule has 1 amide bonds. The second-order valence-electron chi connectivity index (χ2n) is 9.67. The average molecular weight is 578 g/mol. The smallest absolute Gasteiger partial charge is 0.263 e. The zero-order valence-electron chi connectivity index (χ0n) is 22.6. The third-order valence-electron chi connectivity index (χ3n) is 6.89. The van der Waals surface area contributed by atoms with Crippen molar-refractivity contribution in [3.63, 3.8) is 0 Å². The van der Waals surface area contributed by atoms with E-state index in [0.29, 0.717) is 61.0 Å². The van der Waals surface area contributed by atoms with Crippen LogP contribution in [0.5, 0.6) is 0 Å². The molecule has 0 aliphatic rings. The van der Waals surface area contributed by atoms with Gasteiger partial charge in [-0.3, -0.25) is 19.0 Å². The predicted octanol–water partition coefficient (Wildman–Crippen LogP) is 5.47. The Hall–Kier alpha value is -5.35. The number of aromatic nitrogens is 5. The molecule has 208 valence electrons. The minimum absolute atomic E-state index is 0.229. The van der Waals surface area contributed by atoms with Crippen molar-refractivity contribution < 1.29 is 4.79 Å². The van der Waals surface area contributed by atoms with Crippen LogP contribution in [0.4, 0.5) is 11.6 Å². The molecule has 0 bridgehead atoms. The van der Waals surface area contributed by atoms with Gasteiger partial charge in [0, 0.05) is 42.0 Å². The van der Waals surface area contributed by atoms with Gasteiger partial charge in [0.25, 0.3) is 5.56 Å². The first-order valence-corrected chi connectivity index (χ1v) is 13.5. The van der Waals surface area contributed by atoms with Crippen molar-refractivity contribution in [1.82, 2.24) is 24.5 Å². The van der Waals surface area contributed by atoms with Crippen LogP contribution in [-0.2, 0) is 4.79 Å². The van der Waals surface area contributed by atoms with Crippen molar-refractivity contribution in [3.8, 4) is 16.8 Å². The molecule has 0 saturated carbocycles. The molecule has 0 aliphatic heterocycles. The summed E-state index contributed by atoms with van der Waals surface area (Å²) < 4.78 is 1.58. The lowest BCUT2D eigenvalue weighted by atomic mass is 9.98. The number of carbonyl (C=O) groups is 1. The van der Waals surface area contributed by atoms with E-state index < -0.39 is 6.04 Å². The van der Waals surface area contributed by atoms with Crippen LogP contribution in [0.3, 0.4) is 0 Å². The van der Waals surface area contributed by atoms with Crippen LogP contribution in [-0.4, -0.2) is 30.4 Å². The first kappa shape index (κ1) is 26.9. The van der Waals surface area contributed by atoms with E-state index in [9.17, 15) is 14.4 Å². The zero-order valence-corrected chi connectivity index (χ0v) is 23.3. The Morgan fingerprint density at radius 1 is 0.952 bits per heavy atom. The fraction of sp³-hybridized carbons (Fsp3) is 0.0968. The second kappa shape index (κ2) is 10.9. The summed E-state index contributed by atoms with van der Waals surface area (Å²) in [4.78, 5) is 54.4. The minimum Gasteiger partial charge on any atom is -0.361 e. The van der Waals surface area contributed by atoms with Gasteiger partial charge < -0.3 is 15.6 Å². The van der Waals surface area contributed by atoms with Crippen LogP contribution in [0.2, 0.25) is 5.02 Å². The summed E-state index contributed by atoms with van der Waals surface area (Å²) in [5.74, 6) is 0.494. The van der Waals surface area contributed by atoms with E-state index >= 15 is 0 Å². The van der Waals surface area contributed by atoms with Gasteiger partial charge in [0.1, 0.15) is 29.0 Å². The van der Waals surface area contributed by atoms with Crippen molar-refractivity contribution in [2.75, 3.05) is 10.6 Å². The van der Waals surface area contributed by atoms with E-state index in [0.717, 1.165) is 0 Å². The highest BCUT2D eigenvalue weighted by Crippen LogP contribution is 2.36. The maximum Gasteiger partial charge on any atom is 0.263 e. The summed E-state index contributed by atoms with van der Waals surface area (Å²) in [6.45, 7) is 3.26. The van der Waals surface area contributed by atoms with E-state index in [1.807, 2.05) is 49.4 Å². The van der Waals surface area contributed by atoms with Crippen LogP contribution in [0, 0.1) is 0 Å². The molecular weight excluding hydrogens is 554 g/mol. The van der Waals surface area contributed by atoms with Gasteiger partial charge >= 0.3 is 0 Å². The lowest BCUT2D eigenvalue weighted by Crippen LogP contribution is -2.27. The first-order chi connectivity index (χ1) is 20.3. The van der Waals surface area contributed by atoms with E-state index in [-0.39, 0.29) is 16.9 Å². The molecule has 6 rings (SSSR count).